The van der Waals surface area contributed by atoms with Crippen LogP contribution in [0.3, 0.4) is 0 Å². The van der Waals surface area contributed by atoms with E-state index in [4.69, 9.17) is 5.11 Å². The van der Waals surface area contributed by atoms with Gasteiger partial charge in [-0.2, -0.15) is 0 Å². The summed E-state index contributed by atoms with van der Waals surface area (Å²) in [5.74, 6) is -0.514. The maximum Gasteiger partial charge on any atom is 0.323 e. The molecule has 0 aliphatic carbocycles. The Labute approximate surface area is 106 Å². The molecule has 1 heterocycles. The zero-order chi connectivity index (χ0) is 13.7. The van der Waals surface area contributed by atoms with Gasteiger partial charge in [0.1, 0.15) is 6.54 Å². The van der Waals surface area contributed by atoms with Crippen molar-refractivity contribution in [3.8, 4) is 0 Å². The van der Waals surface area contributed by atoms with E-state index >= 15 is 0 Å². The van der Waals surface area contributed by atoms with Gasteiger partial charge in [-0.3, -0.25) is 9.59 Å². The van der Waals surface area contributed by atoms with Crippen LogP contribution in [0.2, 0.25) is 0 Å². The predicted octanol–water partition coefficient (Wildman–Crippen LogP) is 0.810. The summed E-state index contributed by atoms with van der Waals surface area (Å²) in [5, 5.41) is 8.90. The summed E-state index contributed by atoms with van der Waals surface area (Å²) in [6.07, 6.45) is 3.12. The first-order chi connectivity index (χ1) is 8.45. The van der Waals surface area contributed by atoms with Crippen LogP contribution < -0.4 is 10.5 Å². The Bertz CT molecular complexity index is 468. The zero-order valence-electron chi connectivity index (χ0n) is 11.0. The van der Waals surface area contributed by atoms with Crippen molar-refractivity contribution in [1.29, 1.82) is 0 Å². The molecule has 100 valence electrons. The third kappa shape index (κ3) is 3.58. The molecule has 1 aromatic rings. The number of hydrogen-bond acceptors (Lipinski definition) is 4. The van der Waals surface area contributed by atoms with E-state index in [1.54, 1.807) is 6.20 Å². The summed E-state index contributed by atoms with van der Waals surface area (Å²) in [5.41, 5.74) is -0.248. The van der Waals surface area contributed by atoms with E-state index < -0.39 is 5.97 Å². The van der Waals surface area contributed by atoms with E-state index in [-0.39, 0.29) is 23.8 Å². The third-order valence-electron chi connectivity index (χ3n) is 2.45. The lowest BCUT2D eigenvalue weighted by molar-refractivity contribution is -0.135. The Morgan fingerprint density at radius 3 is 2.72 bits per heavy atom. The Balaban J connectivity index is 3.12. The van der Waals surface area contributed by atoms with Crippen LogP contribution in [0.1, 0.15) is 20.8 Å². The second-order valence-corrected chi connectivity index (χ2v) is 4.51. The summed E-state index contributed by atoms with van der Waals surface area (Å²) in [6, 6.07) is 0. The second-order valence-electron chi connectivity index (χ2n) is 4.51. The molecule has 0 saturated carbocycles. The van der Waals surface area contributed by atoms with E-state index in [9.17, 15) is 9.59 Å². The molecule has 6 nitrogen and oxygen atoms in total. The topological polar surface area (TPSA) is 75.4 Å². The maximum atomic E-state index is 12.1. The van der Waals surface area contributed by atoms with Crippen molar-refractivity contribution in [2.24, 2.45) is 5.92 Å². The lowest BCUT2D eigenvalue weighted by Crippen LogP contribution is -2.38. The van der Waals surface area contributed by atoms with Crippen LogP contribution in [-0.4, -0.2) is 33.7 Å². The summed E-state index contributed by atoms with van der Waals surface area (Å²) in [6.45, 7) is 6.61. The van der Waals surface area contributed by atoms with E-state index in [2.05, 4.69) is 4.98 Å². The van der Waals surface area contributed by atoms with E-state index in [0.717, 1.165) is 0 Å². The van der Waals surface area contributed by atoms with Gasteiger partial charge in [0, 0.05) is 25.5 Å². The summed E-state index contributed by atoms with van der Waals surface area (Å²) < 4.78 is 1.51. The van der Waals surface area contributed by atoms with Crippen LogP contribution in [0.5, 0.6) is 0 Å². The Hall–Kier alpha value is -1.85. The van der Waals surface area contributed by atoms with Crippen LogP contribution in [0.4, 0.5) is 5.82 Å². The molecule has 0 aliphatic heterocycles. The van der Waals surface area contributed by atoms with Crippen molar-refractivity contribution in [3.05, 3.63) is 22.7 Å². The number of anilines is 1. The van der Waals surface area contributed by atoms with E-state index in [1.807, 2.05) is 20.8 Å². The normalized spacial score (nSPS) is 10.7. The first-order valence-corrected chi connectivity index (χ1v) is 5.97. The Kier molecular flexibility index (Phi) is 4.88. The highest BCUT2D eigenvalue weighted by Crippen LogP contribution is 2.07. The van der Waals surface area contributed by atoms with Gasteiger partial charge in [0.25, 0.3) is 5.56 Å². The average molecular weight is 253 g/mol. The molecule has 0 amide bonds. The minimum Gasteiger partial charge on any atom is -0.480 e. The van der Waals surface area contributed by atoms with Gasteiger partial charge in [-0.1, -0.05) is 13.8 Å². The molecule has 0 unspecified atom stereocenters. The smallest absolute Gasteiger partial charge is 0.323 e. The van der Waals surface area contributed by atoms with Gasteiger partial charge in [-0.15, -0.1) is 0 Å². The Morgan fingerprint density at radius 2 is 2.22 bits per heavy atom. The van der Waals surface area contributed by atoms with Crippen molar-refractivity contribution in [2.75, 3.05) is 18.0 Å². The van der Waals surface area contributed by atoms with Crippen LogP contribution in [0, 0.1) is 5.92 Å². The lowest BCUT2D eigenvalue weighted by Gasteiger charge is -2.23. The van der Waals surface area contributed by atoms with Crippen LogP contribution in [0.15, 0.2) is 17.2 Å². The lowest BCUT2D eigenvalue weighted by atomic mass is 10.2. The van der Waals surface area contributed by atoms with Crippen LogP contribution >= 0.6 is 0 Å². The molecule has 0 atom stereocenters. The minimum atomic E-state index is -0.969. The molecule has 0 spiro atoms. The number of aromatic nitrogens is 2. The molecular formula is C12H19N3O3. The Morgan fingerprint density at radius 1 is 1.56 bits per heavy atom. The number of hydrogen-bond donors (Lipinski definition) is 1. The minimum absolute atomic E-state index is 0.204. The van der Waals surface area contributed by atoms with E-state index in [1.165, 1.54) is 15.7 Å². The molecule has 0 fully saturated rings. The molecule has 0 aliphatic rings. The molecule has 0 bridgehead atoms. The average Bonchev–Trinajstić information content (AvgIpc) is 2.27. The second kappa shape index (κ2) is 6.18. The largest absolute Gasteiger partial charge is 0.480 e. The SMILES string of the molecule is CCn1ccnc(N(CC(=O)O)CC(C)C)c1=O. The van der Waals surface area contributed by atoms with Crippen molar-refractivity contribution in [3.63, 3.8) is 0 Å². The zero-order valence-corrected chi connectivity index (χ0v) is 11.0. The third-order valence-corrected chi connectivity index (χ3v) is 2.45. The number of aryl methyl sites for hydroxylation is 1. The molecular weight excluding hydrogens is 234 g/mol. The highest BCUT2D eigenvalue weighted by molar-refractivity contribution is 5.73. The number of rotatable bonds is 6. The molecule has 0 aromatic carbocycles. The number of carbonyl (C=O) groups is 1. The first kappa shape index (κ1) is 14.2. The van der Waals surface area contributed by atoms with Gasteiger partial charge in [-0.05, 0) is 12.8 Å². The number of carboxylic acid groups (broad SMARTS) is 1. The molecule has 0 saturated heterocycles. The van der Waals surface area contributed by atoms with Gasteiger partial charge in [-0.25, -0.2) is 4.98 Å². The molecule has 6 heteroatoms. The summed E-state index contributed by atoms with van der Waals surface area (Å²) >= 11 is 0. The quantitative estimate of drug-likeness (QED) is 0.812. The highest BCUT2D eigenvalue weighted by atomic mass is 16.4. The van der Waals surface area contributed by atoms with Crippen molar-refractivity contribution in [1.82, 2.24) is 9.55 Å². The number of carboxylic acids is 1. The molecule has 1 N–H and O–H groups in total. The first-order valence-electron chi connectivity index (χ1n) is 5.97. The molecule has 0 radical (unpaired) electrons. The molecule has 1 aromatic heterocycles. The van der Waals surface area contributed by atoms with Crippen molar-refractivity contribution < 1.29 is 9.90 Å². The molecule has 1 rings (SSSR count). The van der Waals surface area contributed by atoms with Gasteiger partial charge in [0.15, 0.2) is 5.82 Å². The predicted molar refractivity (Wildman–Crippen MR) is 68.9 cm³/mol. The van der Waals surface area contributed by atoms with E-state index in [0.29, 0.717) is 13.1 Å². The van der Waals surface area contributed by atoms with Gasteiger partial charge in [0.05, 0.1) is 0 Å². The van der Waals surface area contributed by atoms with Crippen LogP contribution in [-0.2, 0) is 11.3 Å². The maximum absolute atomic E-state index is 12.1. The van der Waals surface area contributed by atoms with Crippen molar-refractivity contribution >= 4 is 11.8 Å². The highest BCUT2D eigenvalue weighted by Gasteiger charge is 2.17. The van der Waals surface area contributed by atoms with Crippen molar-refractivity contribution in [2.45, 2.75) is 27.3 Å². The fraction of sp³-hybridized carbons (Fsp3) is 0.583. The molecule has 18 heavy (non-hydrogen) atoms. The fourth-order valence-electron chi connectivity index (χ4n) is 1.73. The summed E-state index contributed by atoms with van der Waals surface area (Å²) in [7, 11) is 0. The standard InChI is InChI=1S/C12H19N3O3/c1-4-14-6-5-13-11(12(14)18)15(7-9(2)3)8-10(16)17/h5-6,9H,4,7-8H2,1-3H3,(H,16,17). The van der Waals surface area contributed by atoms with Gasteiger partial charge >= 0.3 is 5.97 Å². The summed E-state index contributed by atoms with van der Waals surface area (Å²) in [4.78, 5) is 28.5. The number of aliphatic carboxylic acids is 1. The monoisotopic (exact) mass is 253 g/mol. The van der Waals surface area contributed by atoms with Gasteiger partial charge < -0.3 is 14.6 Å². The fourth-order valence-corrected chi connectivity index (χ4v) is 1.73. The van der Waals surface area contributed by atoms with Gasteiger partial charge in [0.2, 0.25) is 0 Å². The van der Waals surface area contributed by atoms with Crippen LogP contribution in [0.25, 0.3) is 0 Å². The number of nitrogens with zero attached hydrogens (tertiary/aromatic N) is 3.